The summed E-state index contributed by atoms with van der Waals surface area (Å²) in [5.74, 6) is -0.876. The Kier molecular flexibility index (Phi) is 11.2. The van der Waals surface area contributed by atoms with E-state index < -0.39 is 28.5 Å². The minimum absolute atomic E-state index is 0.0104. The van der Waals surface area contributed by atoms with Crippen molar-refractivity contribution in [2.75, 3.05) is 17.1 Å². The highest BCUT2D eigenvalue weighted by Gasteiger charge is 2.34. The van der Waals surface area contributed by atoms with E-state index in [0.29, 0.717) is 15.6 Å². The fourth-order valence-electron chi connectivity index (χ4n) is 5.18. The summed E-state index contributed by atoms with van der Waals surface area (Å²) in [5, 5.41) is 4.11. The molecule has 0 aromatic heterocycles. The van der Waals surface area contributed by atoms with Gasteiger partial charge < -0.3 is 10.2 Å². The van der Waals surface area contributed by atoms with E-state index in [9.17, 15) is 18.0 Å². The number of nitrogens with one attached hydrogen (secondary N) is 1. The average Bonchev–Trinajstić information content (AvgIpc) is 2.95. The number of hydrogen-bond acceptors (Lipinski definition) is 4. The summed E-state index contributed by atoms with van der Waals surface area (Å²) in [6.07, 6.45) is 6.16. The zero-order chi connectivity index (χ0) is 30.3. The SMILES string of the molecule is CS(=O)(=O)N(CC(=O)N(Cc1ccc(Cl)cc1Cl)[C@@H](Cc1ccccc1)C(=O)NC1CCCCC1)c1ccccc1Cl. The Bertz CT molecular complexity index is 1500. The van der Waals surface area contributed by atoms with Gasteiger partial charge in [0.2, 0.25) is 21.8 Å². The molecule has 1 fully saturated rings. The second kappa shape index (κ2) is 14.6. The fourth-order valence-corrected chi connectivity index (χ4v) is 6.80. The van der Waals surface area contributed by atoms with E-state index in [4.69, 9.17) is 34.8 Å². The van der Waals surface area contributed by atoms with E-state index in [1.54, 1.807) is 36.4 Å². The van der Waals surface area contributed by atoms with Crippen LogP contribution in [0.25, 0.3) is 0 Å². The molecule has 224 valence electrons. The van der Waals surface area contributed by atoms with Crippen molar-refractivity contribution in [3.8, 4) is 0 Å². The maximum atomic E-state index is 14.2. The second-order valence-corrected chi connectivity index (χ2v) is 13.7. The zero-order valence-electron chi connectivity index (χ0n) is 23.3. The lowest BCUT2D eigenvalue weighted by molar-refractivity contribution is -0.140. The molecule has 1 N–H and O–H groups in total. The Hall–Kier alpha value is -2.78. The molecule has 0 radical (unpaired) electrons. The molecule has 1 aliphatic carbocycles. The Morgan fingerprint density at radius 3 is 2.21 bits per heavy atom. The van der Waals surface area contributed by atoms with Gasteiger partial charge in [-0.3, -0.25) is 13.9 Å². The minimum atomic E-state index is -3.93. The van der Waals surface area contributed by atoms with Crippen molar-refractivity contribution in [2.24, 2.45) is 0 Å². The van der Waals surface area contributed by atoms with Gasteiger partial charge in [0.25, 0.3) is 0 Å². The predicted molar refractivity (Wildman–Crippen MR) is 170 cm³/mol. The van der Waals surface area contributed by atoms with Gasteiger partial charge in [-0.25, -0.2) is 8.42 Å². The first kappa shape index (κ1) is 32.1. The van der Waals surface area contributed by atoms with Gasteiger partial charge in [0.1, 0.15) is 12.6 Å². The van der Waals surface area contributed by atoms with E-state index in [1.165, 1.54) is 11.0 Å². The fraction of sp³-hybridized carbons (Fsp3) is 0.355. The molecular formula is C31H34Cl3N3O4S. The first-order valence-electron chi connectivity index (χ1n) is 13.8. The van der Waals surface area contributed by atoms with Crippen LogP contribution in [0.5, 0.6) is 0 Å². The van der Waals surface area contributed by atoms with Gasteiger partial charge >= 0.3 is 0 Å². The van der Waals surface area contributed by atoms with E-state index in [-0.39, 0.29) is 35.6 Å². The van der Waals surface area contributed by atoms with Crippen molar-refractivity contribution in [3.63, 3.8) is 0 Å². The number of nitrogens with zero attached hydrogens (tertiary/aromatic N) is 2. The molecule has 11 heteroatoms. The molecule has 1 atom stereocenters. The Morgan fingerprint density at radius 1 is 0.905 bits per heavy atom. The van der Waals surface area contributed by atoms with Gasteiger partial charge in [-0.15, -0.1) is 0 Å². The summed E-state index contributed by atoms with van der Waals surface area (Å²) in [6.45, 7) is -0.597. The van der Waals surface area contributed by atoms with E-state index >= 15 is 0 Å². The van der Waals surface area contributed by atoms with Crippen LogP contribution in [0, 0.1) is 0 Å². The lowest BCUT2D eigenvalue weighted by atomic mass is 9.94. The highest BCUT2D eigenvalue weighted by molar-refractivity contribution is 7.92. The van der Waals surface area contributed by atoms with Gasteiger partial charge in [-0.05, 0) is 48.2 Å². The van der Waals surface area contributed by atoms with Crippen molar-refractivity contribution in [1.82, 2.24) is 10.2 Å². The van der Waals surface area contributed by atoms with Crippen LogP contribution in [-0.4, -0.2) is 50.0 Å². The maximum absolute atomic E-state index is 14.2. The molecule has 0 unspecified atom stereocenters. The quantitative estimate of drug-likeness (QED) is 0.257. The molecular weight excluding hydrogens is 617 g/mol. The Balaban J connectivity index is 1.75. The van der Waals surface area contributed by atoms with Gasteiger partial charge in [0.15, 0.2) is 0 Å². The molecule has 3 aromatic carbocycles. The topological polar surface area (TPSA) is 86.8 Å². The Morgan fingerprint density at radius 2 is 1.57 bits per heavy atom. The van der Waals surface area contributed by atoms with Gasteiger partial charge in [0, 0.05) is 29.1 Å². The number of halogens is 3. The van der Waals surface area contributed by atoms with Crippen LogP contribution >= 0.6 is 34.8 Å². The first-order chi connectivity index (χ1) is 20.0. The van der Waals surface area contributed by atoms with Crippen LogP contribution in [0.1, 0.15) is 43.2 Å². The Labute approximate surface area is 262 Å². The molecule has 0 bridgehead atoms. The van der Waals surface area contributed by atoms with Gasteiger partial charge in [0.05, 0.1) is 17.0 Å². The van der Waals surface area contributed by atoms with Crippen molar-refractivity contribution < 1.29 is 18.0 Å². The third-order valence-electron chi connectivity index (χ3n) is 7.38. The normalized spacial score (nSPS) is 14.7. The predicted octanol–water partition coefficient (Wildman–Crippen LogP) is 6.50. The molecule has 0 spiro atoms. The van der Waals surface area contributed by atoms with Crippen molar-refractivity contribution in [1.29, 1.82) is 0 Å². The summed E-state index contributed by atoms with van der Waals surface area (Å²) >= 11 is 19.0. The third kappa shape index (κ3) is 8.63. The second-order valence-electron chi connectivity index (χ2n) is 10.5. The summed E-state index contributed by atoms with van der Waals surface area (Å²) in [5.41, 5.74) is 1.60. The zero-order valence-corrected chi connectivity index (χ0v) is 26.4. The summed E-state index contributed by atoms with van der Waals surface area (Å²) < 4.78 is 26.8. The summed E-state index contributed by atoms with van der Waals surface area (Å²) in [7, 11) is -3.93. The molecule has 7 nitrogen and oxygen atoms in total. The smallest absolute Gasteiger partial charge is 0.244 e. The number of anilines is 1. The molecule has 0 heterocycles. The van der Waals surface area contributed by atoms with Crippen LogP contribution in [0.15, 0.2) is 72.8 Å². The molecule has 42 heavy (non-hydrogen) atoms. The molecule has 0 aliphatic heterocycles. The maximum Gasteiger partial charge on any atom is 0.244 e. The molecule has 4 rings (SSSR count). The van der Waals surface area contributed by atoms with Crippen LogP contribution in [-0.2, 0) is 32.6 Å². The van der Waals surface area contributed by atoms with Crippen LogP contribution in [0.4, 0.5) is 5.69 Å². The number of hydrogen-bond donors (Lipinski definition) is 1. The summed E-state index contributed by atoms with van der Waals surface area (Å²) in [4.78, 5) is 29.6. The standard InChI is InChI=1S/C31H34Cl3N3O4S/c1-42(40,41)37(28-15-9-8-14-26(28)33)21-30(38)36(20-23-16-17-24(32)19-27(23)34)29(18-22-10-4-2-5-11-22)31(39)35-25-12-6-3-7-13-25/h2,4-5,8-11,14-17,19,25,29H,3,6-7,12-13,18,20-21H2,1H3,(H,35,39)/t29-/m0/s1. The molecule has 1 saturated carbocycles. The number of sulfonamides is 1. The molecule has 2 amide bonds. The minimum Gasteiger partial charge on any atom is -0.352 e. The van der Waals surface area contributed by atoms with E-state index in [1.807, 2.05) is 30.3 Å². The highest BCUT2D eigenvalue weighted by atomic mass is 35.5. The molecule has 1 aliphatic rings. The van der Waals surface area contributed by atoms with Crippen molar-refractivity contribution in [3.05, 3.63) is 99.0 Å². The van der Waals surface area contributed by atoms with E-state index in [0.717, 1.165) is 48.2 Å². The number of amides is 2. The summed E-state index contributed by atoms with van der Waals surface area (Å²) in [6, 6.07) is 19.8. The van der Waals surface area contributed by atoms with Crippen molar-refractivity contribution >= 4 is 62.3 Å². The van der Waals surface area contributed by atoms with Crippen molar-refractivity contribution in [2.45, 2.75) is 57.2 Å². The first-order valence-corrected chi connectivity index (χ1v) is 16.8. The number of carbonyl (C=O) groups is 2. The van der Waals surface area contributed by atoms with Crippen LogP contribution < -0.4 is 9.62 Å². The monoisotopic (exact) mass is 649 g/mol. The number of rotatable bonds is 11. The number of para-hydroxylation sites is 1. The van der Waals surface area contributed by atoms with Gasteiger partial charge in [-0.2, -0.15) is 0 Å². The number of benzene rings is 3. The lowest BCUT2D eigenvalue weighted by Crippen LogP contribution is -2.55. The number of carbonyl (C=O) groups excluding carboxylic acids is 2. The molecule has 3 aromatic rings. The van der Waals surface area contributed by atoms with Crippen LogP contribution in [0.3, 0.4) is 0 Å². The lowest BCUT2D eigenvalue weighted by Gasteiger charge is -2.35. The largest absolute Gasteiger partial charge is 0.352 e. The average molecular weight is 651 g/mol. The highest BCUT2D eigenvalue weighted by Crippen LogP contribution is 2.29. The van der Waals surface area contributed by atoms with Gasteiger partial charge in [-0.1, -0.05) is 103 Å². The third-order valence-corrected chi connectivity index (χ3v) is 9.41. The molecule has 0 saturated heterocycles. The van der Waals surface area contributed by atoms with E-state index in [2.05, 4.69) is 5.32 Å². The van der Waals surface area contributed by atoms with Crippen LogP contribution in [0.2, 0.25) is 15.1 Å².